The predicted molar refractivity (Wildman–Crippen MR) is 54.2 cm³/mol. The summed E-state index contributed by atoms with van der Waals surface area (Å²) in [6.45, 7) is 2.09. The van der Waals surface area contributed by atoms with Crippen molar-refractivity contribution in [3.63, 3.8) is 0 Å². The summed E-state index contributed by atoms with van der Waals surface area (Å²) in [6, 6.07) is 0. The molecule has 0 saturated heterocycles. The van der Waals surface area contributed by atoms with Crippen molar-refractivity contribution in [2.75, 3.05) is 0 Å². The molecule has 4 N–H and O–H groups in total. The summed E-state index contributed by atoms with van der Waals surface area (Å²) in [5, 5.41) is 9.09. The van der Waals surface area contributed by atoms with E-state index in [1.54, 1.807) is 6.20 Å². The van der Waals surface area contributed by atoms with E-state index in [0.29, 0.717) is 0 Å². The number of carboxylic acids is 1. The highest BCUT2D eigenvalue weighted by Gasteiger charge is 2.52. The van der Waals surface area contributed by atoms with Crippen LogP contribution in [0.5, 0.6) is 0 Å². The van der Waals surface area contributed by atoms with Gasteiger partial charge in [-0.1, -0.05) is 13.3 Å². The normalized spacial score (nSPS) is 19.1. The Morgan fingerprint density at radius 1 is 1.64 bits per heavy atom. The molecule has 0 spiro atoms. The highest BCUT2D eigenvalue weighted by atomic mass is 16.4. The van der Waals surface area contributed by atoms with E-state index in [-0.39, 0.29) is 0 Å². The minimum absolute atomic E-state index is 0.596. The molecule has 0 bridgehead atoms. The van der Waals surface area contributed by atoms with Crippen molar-refractivity contribution in [3.8, 4) is 0 Å². The number of rotatable bonds is 6. The summed E-state index contributed by atoms with van der Waals surface area (Å²) < 4.78 is 0. The first kappa shape index (κ1) is 11.0. The van der Waals surface area contributed by atoms with Gasteiger partial charge in [0.25, 0.3) is 0 Å². The number of hydrazine groups is 1. The molecule has 4 nitrogen and oxygen atoms in total. The van der Waals surface area contributed by atoms with Crippen LogP contribution in [0.15, 0.2) is 11.8 Å². The van der Waals surface area contributed by atoms with Crippen LogP contribution in [0.3, 0.4) is 0 Å². The first-order valence-electron chi connectivity index (χ1n) is 5.06. The average Bonchev–Trinajstić information content (AvgIpc) is 2.93. The second-order valence-corrected chi connectivity index (χ2v) is 3.83. The molecule has 0 aliphatic heterocycles. The minimum Gasteiger partial charge on any atom is -0.481 e. The maximum absolute atomic E-state index is 11.1. The number of carbonyl (C=O) groups is 1. The van der Waals surface area contributed by atoms with E-state index in [1.807, 2.05) is 0 Å². The molecule has 1 fully saturated rings. The zero-order valence-corrected chi connectivity index (χ0v) is 8.55. The first-order valence-corrected chi connectivity index (χ1v) is 5.06. The first-order chi connectivity index (χ1) is 6.67. The maximum atomic E-state index is 11.1. The fourth-order valence-electron chi connectivity index (χ4n) is 1.71. The van der Waals surface area contributed by atoms with Crippen LogP contribution in [0.2, 0.25) is 0 Å². The van der Waals surface area contributed by atoms with Crippen LogP contribution < -0.4 is 11.3 Å². The van der Waals surface area contributed by atoms with Crippen molar-refractivity contribution in [2.45, 2.75) is 39.0 Å². The van der Waals surface area contributed by atoms with E-state index >= 15 is 0 Å². The maximum Gasteiger partial charge on any atom is 0.313 e. The molecule has 0 aromatic carbocycles. The second kappa shape index (κ2) is 4.46. The molecule has 1 aliphatic carbocycles. The van der Waals surface area contributed by atoms with Crippen LogP contribution in [-0.4, -0.2) is 11.1 Å². The summed E-state index contributed by atoms with van der Waals surface area (Å²) in [5.41, 5.74) is 2.80. The highest BCUT2D eigenvalue weighted by Crippen LogP contribution is 2.53. The third kappa shape index (κ3) is 2.07. The lowest BCUT2D eigenvalue weighted by molar-refractivity contribution is -0.141. The number of hydrogen-bond donors (Lipinski definition) is 3. The number of carboxylic acid groups (broad SMARTS) is 1. The van der Waals surface area contributed by atoms with E-state index in [4.69, 9.17) is 10.9 Å². The average molecular weight is 198 g/mol. The second-order valence-electron chi connectivity index (χ2n) is 3.83. The van der Waals surface area contributed by atoms with E-state index in [0.717, 1.165) is 37.7 Å². The van der Waals surface area contributed by atoms with Gasteiger partial charge >= 0.3 is 5.97 Å². The summed E-state index contributed by atoms with van der Waals surface area (Å²) in [4.78, 5) is 11.1. The van der Waals surface area contributed by atoms with Crippen LogP contribution in [0.25, 0.3) is 0 Å². The van der Waals surface area contributed by atoms with Gasteiger partial charge in [-0.25, -0.2) is 0 Å². The van der Waals surface area contributed by atoms with Crippen LogP contribution in [0.1, 0.15) is 39.0 Å². The summed E-state index contributed by atoms with van der Waals surface area (Å²) >= 11 is 0. The smallest absolute Gasteiger partial charge is 0.313 e. The zero-order chi connectivity index (χ0) is 10.6. The Morgan fingerprint density at radius 2 is 2.29 bits per heavy atom. The quantitative estimate of drug-likeness (QED) is 0.445. The van der Waals surface area contributed by atoms with Crippen molar-refractivity contribution < 1.29 is 9.90 Å². The van der Waals surface area contributed by atoms with Crippen LogP contribution in [0.4, 0.5) is 0 Å². The van der Waals surface area contributed by atoms with E-state index in [9.17, 15) is 4.79 Å². The van der Waals surface area contributed by atoms with Crippen molar-refractivity contribution in [3.05, 3.63) is 11.8 Å². The fraction of sp³-hybridized carbons (Fsp3) is 0.700. The lowest BCUT2D eigenvalue weighted by Crippen LogP contribution is -2.22. The highest BCUT2D eigenvalue weighted by molar-refractivity contribution is 5.81. The molecule has 4 heteroatoms. The van der Waals surface area contributed by atoms with Gasteiger partial charge in [0.05, 0.1) is 5.41 Å². The molecule has 0 aromatic heterocycles. The van der Waals surface area contributed by atoms with Crippen molar-refractivity contribution in [2.24, 2.45) is 11.3 Å². The topological polar surface area (TPSA) is 75.3 Å². The van der Waals surface area contributed by atoms with E-state index in [2.05, 4.69) is 12.3 Å². The number of unbranched alkanes of at least 4 members (excludes halogenated alkanes) is 1. The van der Waals surface area contributed by atoms with Crippen molar-refractivity contribution in [1.29, 1.82) is 0 Å². The molecule has 0 unspecified atom stereocenters. The van der Waals surface area contributed by atoms with E-state index in [1.165, 1.54) is 0 Å². The van der Waals surface area contributed by atoms with Gasteiger partial charge in [0.2, 0.25) is 0 Å². The number of aliphatic carboxylic acids is 1. The van der Waals surface area contributed by atoms with Gasteiger partial charge in [0.1, 0.15) is 0 Å². The van der Waals surface area contributed by atoms with Crippen molar-refractivity contribution >= 4 is 5.97 Å². The number of hydrogen-bond acceptors (Lipinski definition) is 3. The van der Waals surface area contributed by atoms with Crippen molar-refractivity contribution in [1.82, 2.24) is 5.43 Å². The molecule has 14 heavy (non-hydrogen) atoms. The molecule has 0 heterocycles. The van der Waals surface area contributed by atoms with Crippen LogP contribution in [0, 0.1) is 5.41 Å². The number of nitrogens with two attached hydrogens (primary N) is 1. The van der Waals surface area contributed by atoms with Gasteiger partial charge in [-0.15, -0.1) is 0 Å². The SMILES string of the molecule is CCCC/C(=C/NN)C1(C(=O)O)CC1. The monoisotopic (exact) mass is 198 g/mol. The van der Waals surface area contributed by atoms with E-state index < -0.39 is 11.4 Å². The molecule has 0 aromatic rings. The third-order valence-electron chi connectivity index (χ3n) is 2.83. The van der Waals surface area contributed by atoms with Crippen LogP contribution >= 0.6 is 0 Å². The minimum atomic E-state index is -0.713. The zero-order valence-electron chi connectivity index (χ0n) is 8.55. The van der Waals surface area contributed by atoms with Gasteiger partial charge in [-0.3, -0.25) is 10.6 Å². The van der Waals surface area contributed by atoms with Gasteiger partial charge in [0.15, 0.2) is 0 Å². The lowest BCUT2D eigenvalue weighted by Gasteiger charge is -2.14. The Kier molecular flexibility index (Phi) is 3.52. The Hall–Kier alpha value is -1.03. The molecular formula is C10H18N2O2. The Balaban J connectivity index is 2.68. The third-order valence-corrected chi connectivity index (χ3v) is 2.83. The van der Waals surface area contributed by atoms with Gasteiger partial charge in [-0.2, -0.15) is 0 Å². The molecule has 1 rings (SSSR count). The fourth-order valence-corrected chi connectivity index (χ4v) is 1.71. The largest absolute Gasteiger partial charge is 0.481 e. The van der Waals surface area contributed by atoms with Crippen LogP contribution in [-0.2, 0) is 4.79 Å². The molecule has 80 valence electrons. The molecule has 0 amide bonds. The Labute approximate surface area is 84.1 Å². The Morgan fingerprint density at radius 3 is 2.64 bits per heavy atom. The number of nitrogens with one attached hydrogen (secondary N) is 1. The molecule has 1 aliphatic rings. The molecule has 0 radical (unpaired) electrons. The predicted octanol–water partition coefficient (Wildman–Crippen LogP) is 1.39. The molecule has 1 saturated carbocycles. The van der Waals surface area contributed by atoms with Gasteiger partial charge < -0.3 is 10.5 Å². The molecular weight excluding hydrogens is 180 g/mol. The molecule has 0 atom stereocenters. The lowest BCUT2D eigenvalue weighted by atomic mass is 9.92. The van der Waals surface area contributed by atoms with Gasteiger partial charge in [-0.05, 0) is 31.3 Å². The standard InChI is InChI=1S/C10H18N2O2/c1-2-3-4-8(7-12-11)10(5-6-10)9(13)14/h7,12H,2-6,11H2,1H3,(H,13,14)/b8-7-. The Bertz CT molecular complexity index is 245. The summed E-state index contributed by atoms with van der Waals surface area (Å²) in [7, 11) is 0. The van der Waals surface area contributed by atoms with Gasteiger partial charge in [0, 0.05) is 6.20 Å². The summed E-state index contributed by atoms with van der Waals surface area (Å²) in [5.74, 6) is 4.49. The summed E-state index contributed by atoms with van der Waals surface area (Å²) in [6.07, 6.45) is 6.06.